The summed E-state index contributed by atoms with van der Waals surface area (Å²) in [5.41, 5.74) is 4.43. The molecule has 2 fully saturated rings. The lowest BCUT2D eigenvalue weighted by molar-refractivity contribution is -0.346. The highest BCUT2D eigenvalue weighted by Gasteiger charge is 2.53. The van der Waals surface area contributed by atoms with Crippen molar-refractivity contribution in [3.63, 3.8) is 0 Å². The van der Waals surface area contributed by atoms with Crippen molar-refractivity contribution < 1.29 is 62.0 Å². The Kier molecular flexibility index (Phi) is 31.3. The second kappa shape index (κ2) is 34.9. The van der Waals surface area contributed by atoms with Gasteiger partial charge in [-0.1, -0.05) is 141 Å². The topological polar surface area (TPSA) is 237 Å². The van der Waals surface area contributed by atoms with Crippen molar-refractivity contribution in [1.29, 1.82) is 0 Å². The van der Waals surface area contributed by atoms with Crippen LogP contribution in [0, 0.1) is 0 Å². The van der Waals surface area contributed by atoms with Crippen LogP contribution in [0.4, 0.5) is 0 Å². The van der Waals surface area contributed by atoms with Crippen LogP contribution in [0.15, 0.2) is 0 Å². The number of carbonyl (C=O) groups is 7. The third-order valence-corrected chi connectivity index (χ3v) is 13.7. The molecule has 398 valence electrons. The minimum Gasteiger partial charge on any atom is -0.469 e. The van der Waals surface area contributed by atoms with Gasteiger partial charge in [-0.15, -0.1) is 0 Å². The largest absolute Gasteiger partial charge is 0.469 e. The molecule has 0 unspecified atom stereocenters. The quantitative estimate of drug-likeness (QED) is 0.0344. The van der Waals surface area contributed by atoms with Gasteiger partial charge in [0.05, 0.1) is 26.2 Å². The van der Waals surface area contributed by atoms with Crippen LogP contribution in [0.25, 0.3) is 0 Å². The molecule has 2 rings (SSSR count). The number of nitrogens with two attached hydrogens (primary N) is 1. The molecular formula is C51H90N4O13S. The number of fused-ring (bicyclic) bond motifs is 1. The fourth-order valence-electron chi connectivity index (χ4n) is 8.54. The molecule has 0 aromatic carbocycles. The van der Waals surface area contributed by atoms with Crippen LogP contribution in [0.2, 0.25) is 0 Å². The number of methoxy groups -OCH3 is 1. The summed E-state index contributed by atoms with van der Waals surface area (Å²) < 4.78 is 35.7. The zero-order valence-corrected chi connectivity index (χ0v) is 44.2. The lowest BCUT2D eigenvalue weighted by Gasteiger charge is -2.51. The first-order valence-electron chi connectivity index (χ1n) is 26.2. The van der Waals surface area contributed by atoms with Crippen molar-refractivity contribution in [2.45, 2.75) is 269 Å². The van der Waals surface area contributed by atoms with E-state index in [0.29, 0.717) is 12.8 Å². The van der Waals surface area contributed by atoms with Gasteiger partial charge in [-0.2, -0.15) is 0 Å². The first kappa shape index (κ1) is 61.8. The zero-order chi connectivity index (χ0) is 51.2. The summed E-state index contributed by atoms with van der Waals surface area (Å²) in [5, 5.41) is 7.61. The monoisotopic (exact) mass is 999 g/mol. The number of rotatable bonds is 37. The minimum absolute atomic E-state index is 0.0578. The van der Waals surface area contributed by atoms with Crippen molar-refractivity contribution in [2.75, 3.05) is 13.7 Å². The number of esters is 2. The molecule has 69 heavy (non-hydrogen) atoms. The molecule has 2 aliphatic rings. The van der Waals surface area contributed by atoms with Gasteiger partial charge >= 0.3 is 11.9 Å². The number of hydrogen-bond acceptors (Lipinski definition) is 14. The summed E-state index contributed by atoms with van der Waals surface area (Å²) in [5.74, 6) is -4.73. The Bertz CT molecular complexity index is 1550. The molecule has 0 aromatic rings. The maximum absolute atomic E-state index is 14.1. The summed E-state index contributed by atoms with van der Waals surface area (Å²) >= 11 is 0.865. The number of primary amides is 1. The van der Waals surface area contributed by atoms with Crippen LogP contribution >= 0.6 is 11.8 Å². The van der Waals surface area contributed by atoms with Gasteiger partial charge in [-0.25, -0.2) is 0 Å². The summed E-state index contributed by atoms with van der Waals surface area (Å²) in [6, 6.07) is -3.36. The molecule has 18 heteroatoms. The van der Waals surface area contributed by atoms with Crippen molar-refractivity contribution >= 4 is 52.4 Å². The fourth-order valence-corrected chi connectivity index (χ4v) is 9.65. The van der Waals surface area contributed by atoms with E-state index in [4.69, 9.17) is 29.4 Å². The van der Waals surface area contributed by atoms with E-state index in [9.17, 15) is 33.6 Å². The van der Waals surface area contributed by atoms with E-state index in [1.165, 1.54) is 105 Å². The molecule has 0 aromatic heterocycles. The van der Waals surface area contributed by atoms with Crippen LogP contribution in [0.3, 0.4) is 0 Å². The Labute approximate surface area is 417 Å². The first-order chi connectivity index (χ1) is 32.9. The highest BCUT2D eigenvalue weighted by molar-refractivity contribution is 8.14. The highest BCUT2D eigenvalue weighted by atomic mass is 32.2. The Morgan fingerprint density at radius 2 is 1.28 bits per heavy atom. The standard InChI is InChI=1S/C51H90N4O13S/c1-9-11-13-15-17-19-20-22-24-26-28-30-42(58)66-38(29-27-25-23-21-18-16-14-12-10-2)33-43(59)69-50-44(54-37(5)56)46(45-40(67-50)34-64-51(6,7)68-45)65-36(4)49(62)53-35(3)48(61)55-39(47(52)60)31-32-41(57)63-8/h35-36,38-40,44-46,50H,9-34H2,1-8H3,(H2,52,60)(H,53,62)(H,54,56)(H,55,61)/t35-,36+,38+,39+,40+,44+,45+,46+,50-/m0/s1. The molecule has 0 radical (unpaired) electrons. The molecule has 5 N–H and O–H groups in total. The van der Waals surface area contributed by atoms with Gasteiger partial charge in [0.25, 0.3) is 0 Å². The molecule has 0 saturated carbocycles. The van der Waals surface area contributed by atoms with Gasteiger partial charge in [-0.05, 0) is 53.4 Å². The Hall–Kier alpha value is -3.32. The molecule has 0 spiro atoms. The summed E-state index contributed by atoms with van der Waals surface area (Å²) in [6.07, 6.45) is 19.0. The van der Waals surface area contributed by atoms with Gasteiger partial charge in [0.15, 0.2) is 10.9 Å². The van der Waals surface area contributed by atoms with Crippen LogP contribution in [0.1, 0.15) is 209 Å². The summed E-state index contributed by atoms with van der Waals surface area (Å²) in [4.78, 5) is 90.4. The smallest absolute Gasteiger partial charge is 0.306 e. The van der Waals surface area contributed by atoms with Gasteiger partial charge < -0.3 is 50.1 Å². The first-order valence-corrected chi connectivity index (χ1v) is 27.0. The molecule has 2 saturated heterocycles. The average Bonchev–Trinajstić information content (AvgIpc) is 3.29. The van der Waals surface area contributed by atoms with E-state index in [1.54, 1.807) is 13.8 Å². The summed E-state index contributed by atoms with van der Waals surface area (Å²) in [7, 11) is 1.20. The fraction of sp³-hybridized carbons (Fsp3) is 0.863. The molecule has 17 nitrogen and oxygen atoms in total. The predicted molar refractivity (Wildman–Crippen MR) is 266 cm³/mol. The number of carbonyl (C=O) groups excluding carboxylic acids is 7. The second-order valence-corrected chi connectivity index (χ2v) is 20.5. The lowest BCUT2D eigenvalue weighted by atomic mass is 9.95. The number of ether oxygens (including phenoxy) is 6. The SMILES string of the molecule is CCCCCCCCCCCCCC(=O)O[C@H](CCCCCCCCCCC)CC(=O)S[C@@H]1O[C@@H]2COC(C)(C)O[C@H]2[C@H](O[C@H](C)C(=O)N[C@@H](C)C(=O)N[C@H](CCC(=O)OC)C(N)=O)[C@H]1NC(C)=O. The number of hydrogen-bond donors (Lipinski definition) is 4. The number of amides is 4. The van der Waals surface area contributed by atoms with Crippen LogP contribution in [-0.2, 0) is 62.0 Å². The van der Waals surface area contributed by atoms with Crippen molar-refractivity contribution in [3.05, 3.63) is 0 Å². The van der Waals surface area contributed by atoms with E-state index < -0.39 is 89.5 Å². The minimum atomic E-state index is -1.23. The van der Waals surface area contributed by atoms with Gasteiger partial charge in [0.1, 0.15) is 48.0 Å². The van der Waals surface area contributed by atoms with E-state index in [-0.39, 0.29) is 37.0 Å². The number of unbranched alkanes of at least 4 members (excludes halogenated alkanes) is 18. The third kappa shape index (κ3) is 26.1. The molecule has 9 atom stereocenters. The Balaban J connectivity index is 2.17. The highest BCUT2D eigenvalue weighted by Crippen LogP contribution is 2.38. The normalized spacial score (nSPS) is 21.4. The van der Waals surface area contributed by atoms with Crippen molar-refractivity contribution in [3.8, 4) is 0 Å². The molecule has 2 aliphatic heterocycles. The zero-order valence-electron chi connectivity index (χ0n) is 43.4. The molecule has 4 amide bonds. The predicted octanol–water partition coefficient (Wildman–Crippen LogP) is 7.75. The van der Waals surface area contributed by atoms with Gasteiger partial charge in [-0.3, -0.25) is 33.6 Å². The van der Waals surface area contributed by atoms with E-state index >= 15 is 0 Å². The van der Waals surface area contributed by atoms with Gasteiger partial charge in [0.2, 0.25) is 23.6 Å². The lowest BCUT2D eigenvalue weighted by Crippen LogP contribution is -2.68. The Morgan fingerprint density at radius 1 is 0.725 bits per heavy atom. The van der Waals surface area contributed by atoms with Crippen molar-refractivity contribution in [1.82, 2.24) is 16.0 Å². The molecular weight excluding hydrogens is 909 g/mol. The maximum Gasteiger partial charge on any atom is 0.306 e. The molecule has 0 aliphatic carbocycles. The number of nitrogens with one attached hydrogen (secondary N) is 3. The van der Waals surface area contributed by atoms with Gasteiger partial charge in [0, 0.05) is 19.8 Å². The second-order valence-electron chi connectivity index (χ2n) is 19.3. The average molecular weight is 999 g/mol. The summed E-state index contributed by atoms with van der Waals surface area (Å²) in [6.45, 7) is 12.1. The number of thioether (sulfide) groups is 1. The van der Waals surface area contributed by atoms with E-state index in [1.807, 2.05) is 0 Å². The molecule has 2 heterocycles. The van der Waals surface area contributed by atoms with Crippen LogP contribution < -0.4 is 21.7 Å². The Morgan fingerprint density at radius 3 is 1.81 bits per heavy atom. The maximum atomic E-state index is 14.1. The van der Waals surface area contributed by atoms with Crippen LogP contribution in [0.5, 0.6) is 0 Å². The van der Waals surface area contributed by atoms with E-state index in [2.05, 4.69) is 34.5 Å². The third-order valence-electron chi connectivity index (χ3n) is 12.6. The van der Waals surface area contributed by atoms with Crippen molar-refractivity contribution in [2.24, 2.45) is 5.73 Å². The van der Waals surface area contributed by atoms with E-state index in [0.717, 1.165) is 63.1 Å². The van der Waals surface area contributed by atoms with Crippen LogP contribution in [-0.4, -0.2) is 114 Å². The molecule has 0 bridgehead atoms.